The molecule has 24 heavy (non-hydrogen) atoms. The first-order valence-electron chi connectivity index (χ1n) is 7.98. The van der Waals surface area contributed by atoms with E-state index in [4.69, 9.17) is 9.47 Å². The predicted octanol–water partition coefficient (Wildman–Crippen LogP) is 1.74. The largest absolute Gasteiger partial charge is 0.507 e. The molecule has 2 rings (SSSR count). The summed E-state index contributed by atoms with van der Waals surface area (Å²) in [5, 5.41) is 9.71. The number of amides is 1. The van der Waals surface area contributed by atoms with E-state index in [0.29, 0.717) is 25.1 Å². The normalized spacial score (nSPS) is 18.5. The average Bonchev–Trinajstić information content (AvgIpc) is 2.52. The van der Waals surface area contributed by atoms with Crippen molar-refractivity contribution in [1.29, 1.82) is 0 Å². The van der Waals surface area contributed by atoms with E-state index in [1.54, 1.807) is 17.0 Å². The van der Waals surface area contributed by atoms with E-state index in [1.807, 2.05) is 20.9 Å². The Balaban J connectivity index is 2.08. The number of aldehydes is 1. The Bertz CT molecular complexity index is 590. The Kier molecular flexibility index (Phi) is 6.03. The number of phenolic OH excluding ortho intramolecular Hbond substituents is 1. The molecule has 1 aromatic carbocycles. The SMILES string of the molecule is CC(C)OC(=O)N1CCN(C)CC1COc1cccc(O)c1C=O. The van der Waals surface area contributed by atoms with Gasteiger partial charge < -0.3 is 19.5 Å². The third-order valence-corrected chi connectivity index (χ3v) is 3.85. The van der Waals surface area contributed by atoms with E-state index >= 15 is 0 Å². The molecule has 132 valence electrons. The topological polar surface area (TPSA) is 79.3 Å². The molecule has 1 unspecified atom stereocenters. The van der Waals surface area contributed by atoms with Gasteiger partial charge >= 0.3 is 6.09 Å². The van der Waals surface area contributed by atoms with Crippen molar-refractivity contribution in [2.75, 3.05) is 33.3 Å². The number of aromatic hydroxyl groups is 1. The number of hydrogen-bond acceptors (Lipinski definition) is 6. The molecule has 1 N–H and O–H groups in total. The lowest BCUT2D eigenvalue weighted by Gasteiger charge is -2.39. The van der Waals surface area contributed by atoms with Gasteiger partial charge in [-0.25, -0.2) is 4.79 Å². The molecular weight excluding hydrogens is 312 g/mol. The van der Waals surface area contributed by atoms with Gasteiger partial charge in [0.2, 0.25) is 0 Å². The summed E-state index contributed by atoms with van der Waals surface area (Å²) in [5.41, 5.74) is 0.109. The number of piperazine rings is 1. The number of nitrogens with zero attached hydrogens (tertiary/aromatic N) is 2. The van der Waals surface area contributed by atoms with Crippen molar-refractivity contribution in [3.63, 3.8) is 0 Å². The standard InChI is InChI=1S/C17H24N2O5/c1-12(2)24-17(22)19-8-7-18(3)9-13(19)11-23-16-6-4-5-15(21)14(16)10-20/h4-6,10,12-13,21H,7-9,11H2,1-3H3. The van der Waals surface area contributed by atoms with Crippen molar-refractivity contribution in [3.05, 3.63) is 23.8 Å². The second-order valence-corrected chi connectivity index (χ2v) is 6.16. The molecular formula is C17H24N2O5. The van der Waals surface area contributed by atoms with Crippen LogP contribution in [-0.4, -0.2) is 72.7 Å². The molecule has 7 heteroatoms. The first-order valence-corrected chi connectivity index (χ1v) is 7.98. The van der Waals surface area contributed by atoms with Crippen molar-refractivity contribution in [3.8, 4) is 11.5 Å². The Morgan fingerprint density at radius 1 is 1.42 bits per heavy atom. The van der Waals surface area contributed by atoms with E-state index in [-0.39, 0.29) is 36.2 Å². The van der Waals surface area contributed by atoms with Gasteiger partial charge in [-0.15, -0.1) is 0 Å². The highest BCUT2D eigenvalue weighted by molar-refractivity contribution is 5.83. The number of hydrogen-bond donors (Lipinski definition) is 1. The zero-order valence-corrected chi connectivity index (χ0v) is 14.3. The summed E-state index contributed by atoms with van der Waals surface area (Å²) in [4.78, 5) is 27.1. The van der Waals surface area contributed by atoms with Crippen LogP contribution in [0.3, 0.4) is 0 Å². The quantitative estimate of drug-likeness (QED) is 0.825. The molecule has 0 spiro atoms. The smallest absolute Gasteiger partial charge is 0.410 e. The molecule has 0 aromatic heterocycles. The number of phenols is 1. The maximum Gasteiger partial charge on any atom is 0.410 e. The molecule has 1 aromatic rings. The second-order valence-electron chi connectivity index (χ2n) is 6.16. The van der Waals surface area contributed by atoms with Crippen molar-refractivity contribution in [1.82, 2.24) is 9.80 Å². The van der Waals surface area contributed by atoms with Crippen molar-refractivity contribution in [2.24, 2.45) is 0 Å². The van der Waals surface area contributed by atoms with Crippen LogP contribution in [0, 0.1) is 0 Å². The molecule has 0 saturated carbocycles. The zero-order chi connectivity index (χ0) is 17.7. The molecule has 1 aliphatic heterocycles. The van der Waals surface area contributed by atoms with Crippen LogP contribution in [0.15, 0.2) is 18.2 Å². The highest BCUT2D eigenvalue weighted by Gasteiger charge is 2.31. The fraction of sp³-hybridized carbons (Fsp3) is 0.529. The monoisotopic (exact) mass is 336 g/mol. The molecule has 1 heterocycles. The lowest BCUT2D eigenvalue weighted by atomic mass is 10.2. The van der Waals surface area contributed by atoms with E-state index in [0.717, 1.165) is 6.54 Å². The van der Waals surface area contributed by atoms with Gasteiger partial charge in [0, 0.05) is 19.6 Å². The van der Waals surface area contributed by atoms with Crippen LogP contribution < -0.4 is 4.74 Å². The third-order valence-electron chi connectivity index (χ3n) is 3.85. The second kappa shape index (κ2) is 8.01. The molecule has 1 saturated heterocycles. The van der Waals surface area contributed by atoms with Gasteiger partial charge in [-0.05, 0) is 33.0 Å². The highest BCUT2D eigenvalue weighted by Crippen LogP contribution is 2.26. The summed E-state index contributed by atoms with van der Waals surface area (Å²) in [6.45, 7) is 5.78. The number of benzene rings is 1. The number of ether oxygens (including phenoxy) is 2. The Morgan fingerprint density at radius 2 is 2.17 bits per heavy atom. The van der Waals surface area contributed by atoms with Crippen molar-refractivity contribution in [2.45, 2.75) is 26.0 Å². The number of carbonyl (C=O) groups is 2. The Labute approximate surface area is 141 Å². The molecule has 1 aliphatic rings. The molecule has 0 bridgehead atoms. The predicted molar refractivity (Wildman–Crippen MR) is 88.6 cm³/mol. The van der Waals surface area contributed by atoms with Crippen LogP contribution in [0.1, 0.15) is 24.2 Å². The van der Waals surface area contributed by atoms with Crippen LogP contribution in [0.25, 0.3) is 0 Å². The summed E-state index contributed by atoms with van der Waals surface area (Å²) in [5.74, 6) is 0.176. The fourth-order valence-electron chi connectivity index (χ4n) is 2.63. The average molecular weight is 336 g/mol. The van der Waals surface area contributed by atoms with Crippen molar-refractivity contribution >= 4 is 12.4 Å². The van der Waals surface area contributed by atoms with Crippen LogP contribution in [-0.2, 0) is 4.74 Å². The summed E-state index contributed by atoms with van der Waals surface area (Å²) >= 11 is 0. The van der Waals surface area contributed by atoms with E-state index < -0.39 is 0 Å². The minimum atomic E-state index is -0.363. The highest BCUT2D eigenvalue weighted by atomic mass is 16.6. The van der Waals surface area contributed by atoms with Gasteiger partial charge in [0.15, 0.2) is 6.29 Å². The Morgan fingerprint density at radius 3 is 2.83 bits per heavy atom. The van der Waals surface area contributed by atoms with Crippen LogP contribution in [0.5, 0.6) is 11.5 Å². The minimum Gasteiger partial charge on any atom is -0.507 e. The molecule has 1 atom stereocenters. The number of carbonyl (C=O) groups excluding carboxylic acids is 2. The van der Waals surface area contributed by atoms with Gasteiger partial charge in [0.25, 0.3) is 0 Å². The Hall–Kier alpha value is -2.28. The van der Waals surface area contributed by atoms with Crippen LogP contribution in [0.2, 0.25) is 0 Å². The summed E-state index contributed by atoms with van der Waals surface area (Å²) in [7, 11) is 1.98. The zero-order valence-electron chi connectivity index (χ0n) is 14.3. The summed E-state index contributed by atoms with van der Waals surface area (Å²) in [6, 6.07) is 4.45. The van der Waals surface area contributed by atoms with Gasteiger partial charge in [-0.3, -0.25) is 9.69 Å². The third kappa shape index (κ3) is 4.38. The lowest BCUT2D eigenvalue weighted by Crippen LogP contribution is -2.56. The van der Waals surface area contributed by atoms with E-state index in [2.05, 4.69) is 4.90 Å². The van der Waals surface area contributed by atoms with Crippen LogP contribution >= 0.6 is 0 Å². The maximum atomic E-state index is 12.2. The van der Waals surface area contributed by atoms with Gasteiger partial charge in [-0.2, -0.15) is 0 Å². The summed E-state index contributed by atoms with van der Waals surface area (Å²) in [6.07, 6.45) is 0.00677. The number of likely N-dealkylation sites (N-methyl/N-ethyl adjacent to an activating group) is 1. The number of rotatable bonds is 5. The molecule has 7 nitrogen and oxygen atoms in total. The molecule has 0 aliphatic carbocycles. The van der Waals surface area contributed by atoms with Gasteiger partial charge in [0.1, 0.15) is 18.1 Å². The lowest BCUT2D eigenvalue weighted by molar-refractivity contribution is 0.0244. The maximum absolute atomic E-state index is 12.2. The summed E-state index contributed by atoms with van der Waals surface area (Å²) < 4.78 is 11.0. The molecule has 1 fully saturated rings. The van der Waals surface area contributed by atoms with Crippen LogP contribution in [0.4, 0.5) is 4.79 Å². The molecule has 0 radical (unpaired) electrons. The van der Waals surface area contributed by atoms with Crippen molar-refractivity contribution < 1.29 is 24.2 Å². The molecule has 1 amide bonds. The first-order chi connectivity index (χ1) is 11.4. The minimum absolute atomic E-state index is 0.109. The van der Waals surface area contributed by atoms with Gasteiger partial charge in [0.05, 0.1) is 17.7 Å². The van der Waals surface area contributed by atoms with Gasteiger partial charge in [-0.1, -0.05) is 6.07 Å². The fourth-order valence-corrected chi connectivity index (χ4v) is 2.63. The van der Waals surface area contributed by atoms with E-state index in [9.17, 15) is 14.7 Å². The first kappa shape index (κ1) is 18.1. The van der Waals surface area contributed by atoms with E-state index in [1.165, 1.54) is 6.07 Å².